The largest absolute Gasteiger partial charge is 0.350 e. The van der Waals surface area contributed by atoms with Crippen molar-refractivity contribution < 1.29 is 4.79 Å². The summed E-state index contributed by atoms with van der Waals surface area (Å²) >= 11 is 0. The van der Waals surface area contributed by atoms with Gasteiger partial charge in [-0.3, -0.25) is 0 Å². The van der Waals surface area contributed by atoms with Crippen LogP contribution in [0.15, 0.2) is 5.10 Å². The number of hydrogen-bond donors (Lipinski definition) is 2. The highest BCUT2D eigenvalue weighted by Crippen LogP contribution is 2.25. The lowest BCUT2D eigenvalue weighted by Crippen LogP contribution is -2.28. The van der Waals surface area contributed by atoms with Gasteiger partial charge < -0.3 is 5.73 Å². The van der Waals surface area contributed by atoms with E-state index in [0.717, 1.165) is 12.1 Å². The number of primary amides is 1. The zero-order valence-electron chi connectivity index (χ0n) is 8.75. The second-order valence-electron chi connectivity index (χ2n) is 3.77. The van der Waals surface area contributed by atoms with Crippen LogP contribution in [0.1, 0.15) is 45.4 Å². The van der Waals surface area contributed by atoms with E-state index in [1.54, 1.807) is 0 Å². The van der Waals surface area contributed by atoms with Crippen LogP contribution in [-0.2, 0) is 0 Å². The standard InChI is InChI=1S/C10H19N3O/c1-2-9(12-13-10(11)14)8-6-4-3-5-7-8/h8H,2-7H2,1H3,(H3,11,13,14)/b12-9+. The highest BCUT2D eigenvalue weighted by molar-refractivity contribution is 5.87. The Morgan fingerprint density at radius 1 is 1.43 bits per heavy atom. The van der Waals surface area contributed by atoms with E-state index in [-0.39, 0.29) is 0 Å². The molecule has 3 N–H and O–H groups in total. The van der Waals surface area contributed by atoms with Gasteiger partial charge in [0, 0.05) is 5.71 Å². The molecule has 4 heteroatoms. The molecule has 0 spiro atoms. The summed E-state index contributed by atoms with van der Waals surface area (Å²) in [6.45, 7) is 2.07. The van der Waals surface area contributed by atoms with Gasteiger partial charge in [-0.2, -0.15) is 5.10 Å². The summed E-state index contributed by atoms with van der Waals surface area (Å²) in [5, 5.41) is 4.06. The Kier molecular flexibility index (Phi) is 4.43. The second kappa shape index (κ2) is 5.62. The van der Waals surface area contributed by atoms with Crippen molar-refractivity contribution in [3.63, 3.8) is 0 Å². The van der Waals surface area contributed by atoms with Crippen molar-refractivity contribution in [3.05, 3.63) is 0 Å². The van der Waals surface area contributed by atoms with Crippen LogP contribution in [0.4, 0.5) is 4.79 Å². The number of nitrogens with two attached hydrogens (primary N) is 1. The quantitative estimate of drug-likeness (QED) is 0.527. The Balaban J connectivity index is 2.50. The minimum atomic E-state index is -0.577. The molecule has 2 amide bonds. The first kappa shape index (κ1) is 11.0. The molecule has 80 valence electrons. The number of amides is 2. The van der Waals surface area contributed by atoms with Crippen LogP contribution in [0.5, 0.6) is 0 Å². The van der Waals surface area contributed by atoms with Crippen LogP contribution in [0.25, 0.3) is 0 Å². The molecule has 1 aliphatic rings. The Morgan fingerprint density at radius 3 is 2.57 bits per heavy atom. The molecule has 0 aliphatic heterocycles. The van der Waals surface area contributed by atoms with Gasteiger partial charge >= 0.3 is 6.03 Å². The van der Waals surface area contributed by atoms with Crippen molar-refractivity contribution >= 4 is 11.7 Å². The average molecular weight is 197 g/mol. The smallest absolute Gasteiger partial charge is 0.332 e. The lowest BCUT2D eigenvalue weighted by atomic mass is 9.85. The summed E-state index contributed by atoms with van der Waals surface area (Å²) in [5.41, 5.74) is 8.38. The Labute approximate surface area is 84.9 Å². The predicted octanol–water partition coefficient (Wildman–Crippen LogP) is 2.00. The van der Waals surface area contributed by atoms with E-state index in [2.05, 4.69) is 17.5 Å². The number of carbonyl (C=O) groups is 1. The maximum atomic E-state index is 10.5. The van der Waals surface area contributed by atoms with E-state index in [1.165, 1.54) is 32.1 Å². The molecular formula is C10H19N3O. The summed E-state index contributed by atoms with van der Waals surface area (Å²) in [6.07, 6.45) is 7.18. The fraction of sp³-hybridized carbons (Fsp3) is 0.800. The first-order valence-corrected chi connectivity index (χ1v) is 5.36. The number of hydrogen-bond acceptors (Lipinski definition) is 2. The molecule has 0 aromatic rings. The van der Waals surface area contributed by atoms with Gasteiger partial charge in [0.05, 0.1) is 0 Å². The molecule has 1 rings (SSSR count). The van der Waals surface area contributed by atoms with Gasteiger partial charge in [-0.05, 0) is 25.2 Å². The summed E-state index contributed by atoms with van der Waals surface area (Å²) in [5.74, 6) is 0.556. The topological polar surface area (TPSA) is 67.5 Å². The number of hydrazone groups is 1. The SMILES string of the molecule is CC/C(=N\NC(N)=O)C1CCCCC1. The second-order valence-corrected chi connectivity index (χ2v) is 3.77. The minimum Gasteiger partial charge on any atom is -0.350 e. The fourth-order valence-electron chi connectivity index (χ4n) is 2.02. The molecule has 0 aromatic heterocycles. The van der Waals surface area contributed by atoms with E-state index >= 15 is 0 Å². The van der Waals surface area contributed by atoms with E-state index in [0.29, 0.717) is 5.92 Å². The monoisotopic (exact) mass is 197 g/mol. The molecule has 0 unspecified atom stereocenters. The van der Waals surface area contributed by atoms with Gasteiger partial charge in [0.15, 0.2) is 0 Å². The summed E-state index contributed by atoms with van der Waals surface area (Å²) in [6, 6.07) is -0.577. The zero-order valence-corrected chi connectivity index (χ0v) is 8.75. The highest BCUT2D eigenvalue weighted by atomic mass is 16.2. The third kappa shape index (κ3) is 3.36. The van der Waals surface area contributed by atoms with Crippen molar-refractivity contribution in [1.82, 2.24) is 5.43 Å². The first-order chi connectivity index (χ1) is 6.74. The van der Waals surface area contributed by atoms with E-state index in [4.69, 9.17) is 5.73 Å². The molecular weight excluding hydrogens is 178 g/mol. The Morgan fingerprint density at radius 2 is 2.07 bits per heavy atom. The van der Waals surface area contributed by atoms with Gasteiger partial charge in [0.1, 0.15) is 0 Å². The lowest BCUT2D eigenvalue weighted by molar-refractivity contribution is 0.249. The van der Waals surface area contributed by atoms with Crippen molar-refractivity contribution in [2.75, 3.05) is 0 Å². The third-order valence-electron chi connectivity index (χ3n) is 2.75. The van der Waals surface area contributed by atoms with Gasteiger partial charge in [-0.25, -0.2) is 10.2 Å². The van der Waals surface area contributed by atoms with Crippen molar-refractivity contribution in [2.24, 2.45) is 16.8 Å². The molecule has 0 bridgehead atoms. The molecule has 1 saturated carbocycles. The van der Waals surface area contributed by atoms with E-state index in [9.17, 15) is 4.79 Å². The van der Waals surface area contributed by atoms with Crippen molar-refractivity contribution in [1.29, 1.82) is 0 Å². The average Bonchev–Trinajstić information content (AvgIpc) is 2.20. The molecule has 1 fully saturated rings. The van der Waals surface area contributed by atoms with Gasteiger partial charge in [0.25, 0.3) is 0 Å². The molecule has 0 atom stereocenters. The number of carbonyl (C=O) groups excluding carboxylic acids is 1. The van der Waals surface area contributed by atoms with Crippen LogP contribution in [0.2, 0.25) is 0 Å². The Hall–Kier alpha value is -1.06. The molecule has 4 nitrogen and oxygen atoms in total. The third-order valence-corrected chi connectivity index (χ3v) is 2.75. The van der Waals surface area contributed by atoms with Crippen molar-refractivity contribution in [2.45, 2.75) is 45.4 Å². The lowest BCUT2D eigenvalue weighted by Gasteiger charge is -2.22. The number of rotatable bonds is 3. The normalized spacial score (nSPS) is 19.4. The number of urea groups is 1. The summed E-state index contributed by atoms with van der Waals surface area (Å²) in [4.78, 5) is 10.5. The molecule has 0 saturated heterocycles. The minimum absolute atomic E-state index is 0.556. The molecule has 0 radical (unpaired) electrons. The van der Waals surface area contributed by atoms with Gasteiger partial charge in [-0.15, -0.1) is 0 Å². The van der Waals surface area contributed by atoms with Crippen LogP contribution >= 0.6 is 0 Å². The van der Waals surface area contributed by atoms with Crippen LogP contribution < -0.4 is 11.2 Å². The van der Waals surface area contributed by atoms with E-state index < -0.39 is 6.03 Å². The highest BCUT2D eigenvalue weighted by Gasteiger charge is 2.17. The van der Waals surface area contributed by atoms with Crippen LogP contribution in [0.3, 0.4) is 0 Å². The number of nitrogens with one attached hydrogen (secondary N) is 1. The maximum Gasteiger partial charge on any atom is 0.332 e. The van der Waals surface area contributed by atoms with E-state index in [1.807, 2.05) is 0 Å². The molecule has 0 heterocycles. The fourth-order valence-corrected chi connectivity index (χ4v) is 2.02. The Bertz CT molecular complexity index is 219. The molecule has 0 aromatic carbocycles. The van der Waals surface area contributed by atoms with Gasteiger partial charge in [0.2, 0.25) is 0 Å². The van der Waals surface area contributed by atoms with Gasteiger partial charge in [-0.1, -0.05) is 26.2 Å². The zero-order chi connectivity index (χ0) is 10.4. The number of nitrogens with zero attached hydrogens (tertiary/aromatic N) is 1. The van der Waals surface area contributed by atoms with Crippen molar-refractivity contribution in [3.8, 4) is 0 Å². The first-order valence-electron chi connectivity index (χ1n) is 5.36. The predicted molar refractivity (Wildman–Crippen MR) is 57.0 cm³/mol. The summed E-state index contributed by atoms with van der Waals surface area (Å²) in [7, 11) is 0. The molecule has 14 heavy (non-hydrogen) atoms. The van der Waals surface area contributed by atoms with Crippen LogP contribution in [-0.4, -0.2) is 11.7 Å². The summed E-state index contributed by atoms with van der Waals surface area (Å²) < 4.78 is 0. The molecule has 1 aliphatic carbocycles. The van der Waals surface area contributed by atoms with Crippen LogP contribution in [0, 0.1) is 5.92 Å². The maximum absolute atomic E-state index is 10.5.